The molecule has 0 amide bonds. The van der Waals surface area contributed by atoms with Gasteiger partial charge >= 0.3 is 11.9 Å². The fourth-order valence-corrected chi connectivity index (χ4v) is 13.8. The standard InChI is InChI=1S/C46H67N5O6/c1-27(2)37-30(52)23-46(24-34-49-50-39(51(34)22-21-47)28-11-14-35(56-10)48-26-28)20-19-44(8)29(38(37)46)12-13-32-43(7)17-16-33(57-36(53)25-41(3,4)40(54)55)42(5,6)31(43)15-18-45(32,44)9/h11,14,26-27,29,31-33H,12-13,15-25,47H2,1-10H3,(H,54,55)/t29-,31+,32-,33+,43+,44-,45-,46+/m1/s1. The van der Waals surface area contributed by atoms with E-state index in [9.17, 15) is 19.5 Å². The van der Waals surface area contributed by atoms with E-state index in [1.807, 2.05) is 12.1 Å². The molecule has 0 aliphatic heterocycles. The first-order chi connectivity index (χ1) is 26.7. The topological polar surface area (TPSA) is 160 Å². The lowest BCUT2D eigenvalue weighted by atomic mass is 9.33. The van der Waals surface area contributed by atoms with Crippen LogP contribution in [0.3, 0.4) is 0 Å². The Bertz CT molecular complexity index is 1950. The molecule has 11 heteroatoms. The Kier molecular flexibility index (Phi) is 10.4. The van der Waals surface area contributed by atoms with Gasteiger partial charge in [0.15, 0.2) is 11.6 Å². The summed E-state index contributed by atoms with van der Waals surface area (Å²) in [7, 11) is 1.60. The van der Waals surface area contributed by atoms with Crippen LogP contribution in [0, 0.1) is 56.2 Å². The fourth-order valence-electron chi connectivity index (χ4n) is 13.8. The van der Waals surface area contributed by atoms with Gasteiger partial charge in [0.2, 0.25) is 5.88 Å². The van der Waals surface area contributed by atoms with Gasteiger partial charge in [-0.2, -0.15) is 0 Å². The van der Waals surface area contributed by atoms with Crippen LogP contribution in [0.4, 0.5) is 0 Å². The van der Waals surface area contributed by atoms with Crippen LogP contribution in [0.2, 0.25) is 0 Å². The number of carbonyl (C=O) groups is 3. The van der Waals surface area contributed by atoms with Crippen molar-refractivity contribution in [3.63, 3.8) is 0 Å². The number of esters is 1. The number of hydrogen-bond donors (Lipinski definition) is 2. The maximum atomic E-state index is 14.3. The first-order valence-corrected chi connectivity index (χ1v) is 21.5. The van der Waals surface area contributed by atoms with E-state index in [1.54, 1.807) is 27.2 Å². The number of hydrogen-bond acceptors (Lipinski definition) is 9. The maximum absolute atomic E-state index is 14.3. The quantitative estimate of drug-likeness (QED) is 0.213. The summed E-state index contributed by atoms with van der Waals surface area (Å²) < 4.78 is 13.6. The molecule has 0 aromatic carbocycles. The SMILES string of the molecule is COc1ccc(-c2nnc(C[C@@]34CC[C@]5(C)[C@H](CC[C@@H]6[C@@]7(C)CC[C@H](OC(=O)CC(C)(C)C(=O)O)C(C)(C)[C@@H]7CC[C@]65C)C3=C(C(C)C)C(=O)C4)n2CCN)cn1. The van der Waals surface area contributed by atoms with Crippen molar-refractivity contribution < 1.29 is 29.0 Å². The number of carbonyl (C=O) groups excluding carboxylic acids is 2. The molecule has 11 nitrogen and oxygen atoms in total. The van der Waals surface area contributed by atoms with Crippen LogP contribution in [0.5, 0.6) is 5.88 Å². The van der Waals surface area contributed by atoms with Crippen molar-refractivity contribution in [2.75, 3.05) is 13.7 Å². The van der Waals surface area contributed by atoms with Gasteiger partial charge in [-0.25, -0.2) is 4.98 Å². The molecule has 0 radical (unpaired) electrons. The predicted molar refractivity (Wildman–Crippen MR) is 218 cm³/mol. The molecule has 4 fully saturated rings. The highest BCUT2D eigenvalue weighted by Gasteiger charge is 2.70. The van der Waals surface area contributed by atoms with E-state index < -0.39 is 17.4 Å². The lowest BCUT2D eigenvalue weighted by Gasteiger charge is -2.72. The second-order valence-corrected chi connectivity index (χ2v) is 20.8. The third-order valence-corrected chi connectivity index (χ3v) is 16.8. The van der Waals surface area contributed by atoms with Crippen molar-refractivity contribution in [3.8, 4) is 17.3 Å². The Balaban J connectivity index is 1.20. The smallest absolute Gasteiger partial charge is 0.309 e. The summed E-state index contributed by atoms with van der Waals surface area (Å²) in [6, 6.07) is 3.79. The number of Topliss-reactive ketones (excluding diaryl/α,β-unsaturated/α-hetero) is 1. The number of aromatic nitrogens is 4. The summed E-state index contributed by atoms with van der Waals surface area (Å²) in [5.74, 6) is 2.34. The van der Waals surface area contributed by atoms with Gasteiger partial charge in [0.1, 0.15) is 11.9 Å². The number of rotatable bonds is 11. The van der Waals surface area contributed by atoms with Crippen LogP contribution in [-0.4, -0.2) is 62.3 Å². The zero-order valence-electron chi connectivity index (χ0n) is 36.2. The summed E-state index contributed by atoms with van der Waals surface area (Å²) in [4.78, 5) is 43.7. The molecule has 2 aromatic heterocycles. The van der Waals surface area contributed by atoms with Gasteiger partial charge in [0, 0.05) is 54.6 Å². The number of aliphatic carboxylic acids is 1. The molecule has 2 aromatic rings. The molecule has 312 valence electrons. The average molecular weight is 786 g/mol. The van der Waals surface area contributed by atoms with Crippen LogP contribution in [0.15, 0.2) is 29.5 Å². The Morgan fingerprint density at radius 2 is 1.72 bits per heavy atom. The molecule has 4 saturated carbocycles. The number of ketones is 1. The second-order valence-electron chi connectivity index (χ2n) is 20.8. The zero-order valence-corrected chi connectivity index (χ0v) is 36.2. The number of carboxylic acids is 1. The third kappa shape index (κ3) is 6.38. The summed E-state index contributed by atoms with van der Waals surface area (Å²) >= 11 is 0. The van der Waals surface area contributed by atoms with Crippen molar-refractivity contribution in [2.24, 2.45) is 61.9 Å². The van der Waals surface area contributed by atoms with Crippen molar-refractivity contribution in [1.29, 1.82) is 0 Å². The molecule has 3 N–H and O–H groups in total. The van der Waals surface area contributed by atoms with Crippen LogP contribution in [0.1, 0.15) is 132 Å². The van der Waals surface area contributed by atoms with Crippen LogP contribution < -0.4 is 10.5 Å². The van der Waals surface area contributed by atoms with E-state index >= 15 is 0 Å². The minimum atomic E-state index is -1.17. The Morgan fingerprint density at radius 1 is 0.982 bits per heavy atom. The van der Waals surface area contributed by atoms with Gasteiger partial charge in [-0.1, -0.05) is 54.0 Å². The van der Waals surface area contributed by atoms with E-state index in [2.05, 4.69) is 58.0 Å². The van der Waals surface area contributed by atoms with Crippen LogP contribution >= 0.6 is 0 Å². The number of ether oxygens (including phenoxy) is 2. The van der Waals surface area contributed by atoms with E-state index in [4.69, 9.17) is 25.4 Å². The van der Waals surface area contributed by atoms with Gasteiger partial charge in [-0.15, -0.1) is 10.2 Å². The molecule has 57 heavy (non-hydrogen) atoms. The number of fused-ring (bicyclic) bond motifs is 7. The predicted octanol–water partition coefficient (Wildman–Crippen LogP) is 8.24. The van der Waals surface area contributed by atoms with Gasteiger partial charge < -0.3 is 24.9 Å². The van der Waals surface area contributed by atoms with Crippen LogP contribution in [0.25, 0.3) is 11.4 Å². The highest BCUT2D eigenvalue weighted by Crippen LogP contribution is 2.77. The van der Waals surface area contributed by atoms with E-state index in [0.717, 1.165) is 74.2 Å². The van der Waals surface area contributed by atoms with Gasteiger partial charge in [0.25, 0.3) is 0 Å². The largest absolute Gasteiger partial charge is 0.481 e. The van der Waals surface area contributed by atoms with Gasteiger partial charge in [-0.05, 0) is 117 Å². The Labute approximate surface area is 339 Å². The lowest BCUT2D eigenvalue weighted by molar-refractivity contribution is -0.233. The summed E-state index contributed by atoms with van der Waals surface area (Å²) in [5, 5.41) is 19.2. The van der Waals surface area contributed by atoms with Crippen molar-refractivity contribution in [1.82, 2.24) is 19.7 Å². The minimum absolute atomic E-state index is 0.00815. The summed E-state index contributed by atoms with van der Waals surface area (Å²) in [6.07, 6.45) is 10.6. The first-order valence-electron chi connectivity index (χ1n) is 21.5. The normalized spacial score (nSPS) is 34.6. The Hall–Kier alpha value is -3.60. The Morgan fingerprint density at radius 3 is 2.35 bits per heavy atom. The summed E-state index contributed by atoms with van der Waals surface area (Å²) in [5.41, 5.74) is 7.94. The molecular formula is C46H67N5O6. The van der Waals surface area contributed by atoms with E-state index in [0.29, 0.717) is 55.3 Å². The third-order valence-electron chi connectivity index (χ3n) is 16.8. The molecule has 7 rings (SSSR count). The summed E-state index contributed by atoms with van der Waals surface area (Å²) in [6.45, 7) is 20.8. The van der Waals surface area contributed by atoms with E-state index in [-0.39, 0.29) is 45.5 Å². The first kappa shape index (κ1) is 41.6. The van der Waals surface area contributed by atoms with E-state index in [1.165, 1.54) is 5.57 Å². The highest BCUT2D eigenvalue weighted by atomic mass is 16.5. The van der Waals surface area contributed by atoms with Gasteiger partial charge in [0.05, 0.1) is 18.9 Å². The lowest BCUT2D eigenvalue weighted by Crippen LogP contribution is -2.65. The second kappa shape index (κ2) is 14.3. The maximum Gasteiger partial charge on any atom is 0.309 e. The van der Waals surface area contributed by atoms with Crippen molar-refractivity contribution >= 4 is 17.7 Å². The molecule has 0 unspecified atom stereocenters. The zero-order chi connectivity index (χ0) is 41.5. The number of methoxy groups -OCH3 is 1. The molecule has 0 bridgehead atoms. The number of nitrogens with two attached hydrogens (primary N) is 1. The van der Waals surface area contributed by atoms with Crippen molar-refractivity contribution in [2.45, 2.75) is 146 Å². The minimum Gasteiger partial charge on any atom is -0.481 e. The van der Waals surface area contributed by atoms with Crippen LogP contribution in [-0.2, 0) is 32.1 Å². The molecule has 0 saturated heterocycles. The molecule has 5 aliphatic rings. The molecule has 2 heterocycles. The molecular weight excluding hydrogens is 719 g/mol. The molecule has 5 aliphatic carbocycles. The number of pyridine rings is 1. The average Bonchev–Trinajstić information content (AvgIpc) is 3.66. The number of carboxylic acid groups (broad SMARTS) is 1. The highest BCUT2D eigenvalue weighted by molar-refractivity contribution is 6.00. The number of allylic oxidation sites excluding steroid dienone is 2. The molecule has 8 atom stereocenters. The fraction of sp³-hybridized carbons (Fsp3) is 0.739. The molecule has 0 spiro atoms. The van der Waals surface area contributed by atoms with Gasteiger partial charge in [-0.3, -0.25) is 14.4 Å². The number of nitrogens with zero attached hydrogens (tertiary/aromatic N) is 4. The van der Waals surface area contributed by atoms with Crippen molar-refractivity contribution in [3.05, 3.63) is 35.3 Å². The monoisotopic (exact) mass is 786 g/mol.